The van der Waals surface area contributed by atoms with Crippen LogP contribution in [0.4, 0.5) is 10.1 Å². The molecule has 6 heterocycles. The van der Waals surface area contributed by atoms with Crippen molar-refractivity contribution in [2.75, 3.05) is 44.1 Å². The average molecular weight is 934 g/mol. The Kier molecular flexibility index (Phi) is 11.8. The van der Waals surface area contributed by atoms with Gasteiger partial charge in [0.15, 0.2) is 11.6 Å². The number of anilines is 1. The predicted octanol–water partition coefficient (Wildman–Crippen LogP) is 5.49. The van der Waals surface area contributed by atoms with E-state index < -0.39 is 38.4 Å². The molecular formula is C48H52FN9O8S. The number of amides is 3. The summed E-state index contributed by atoms with van der Waals surface area (Å²) in [6.07, 6.45) is 8.51. The minimum absolute atomic E-state index is 0.0713. The minimum Gasteiger partial charge on any atom is -0.453 e. The molecule has 5 fully saturated rings. The second kappa shape index (κ2) is 17.8. The number of ether oxygens (including phenoxy) is 2. The molecule has 0 radical (unpaired) electrons. The number of fused-ring (bicyclic) bond motifs is 2. The Morgan fingerprint density at radius 1 is 1.00 bits per heavy atom. The molecule has 3 aromatic carbocycles. The van der Waals surface area contributed by atoms with Crippen molar-refractivity contribution in [2.45, 2.75) is 99.4 Å². The van der Waals surface area contributed by atoms with Gasteiger partial charge in [-0.3, -0.25) is 43.4 Å². The highest BCUT2D eigenvalue weighted by atomic mass is 32.2. The van der Waals surface area contributed by atoms with Gasteiger partial charge in [0.25, 0.3) is 5.56 Å². The largest absolute Gasteiger partial charge is 0.453 e. The summed E-state index contributed by atoms with van der Waals surface area (Å²) in [7, 11) is -1.93. The first kappa shape index (κ1) is 44.6. The molecule has 5 aliphatic rings. The molecular weight excluding hydrogens is 882 g/mol. The molecule has 0 bridgehead atoms. The number of rotatable bonds is 10. The second-order valence-corrected chi connectivity index (χ2v) is 20.7. The first-order chi connectivity index (χ1) is 32.3. The summed E-state index contributed by atoms with van der Waals surface area (Å²) in [4.78, 5) is 60.6. The lowest BCUT2D eigenvalue weighted by atomic mass is 9.87. The van der Waals surface area contributed by atoms with Crippen LogP contribution in [-0.4, -0.2) is 105 Å². The Morgan fingerprint density at radius 2 is 1.78 bits per heavy atom. The fourth-order valence-electron chi connectivity index (χ4n) is 10.8. The molecule has 1 saturated carbocycles. The molecule has 5 aromatic rings. The number of nitriles is 1. The number of carbonyl (C=O) groups excluding carboxylic acids is 3. The van der Waals surface area contributed by atoms with Gasteiger partial charge in [-0.15, -0.1) is 0 Å². The Bertz CT molecular complexity index is 3020. The number of carbonyl (C=O) groups is 3. The first-order valence-corrected chi connectivity index (χ1v) is 24.7. The van der Waals surface area contributed by atoms with Crippen molar-refractivity contribution in [1.82, 2.24) is 34.4 Å². The molecule has 2 atom stereocenters. The van der Waals surface area contributed by atoms with Crippen molar-refractivity contribution < 1.29 is 36.7 Å². The summed E-state index contributed by atoms with van der Waals surface area (Å²) >= 11 is 0. The van der Waals surface area contributed by atoms with Crippen molar-refractivity contribution >= 4 is 55.2 Å². The van der Waals surface area contributed by atoms with Crippen LogP contribution in [0.1, 0.15) is 105 Å². The van der Waals surface area contributed by atoms with Crippen LogP contribution < -0.4 is 20.3 Å². The van der Waals surface area contributed by atoms with Gasteiger partial charge in [-0.25, -0.2) is 17.8 Å². The number of aryl methyl sites for hydroxylation is 1. The van der Waals surface area contributed by atoms with Gasteiger partial charge < -0.3 is 14.4 Å². The van der Waals surface area contributed by atoms with E-state index in [0.717, 1.165) is 55.7 Å². The van der Waals surface area contributed by atoms with E-state index in [4.69, 9.17) is 14.6 Å². The number of imide groups is 1. The molecule has 1 unspecified atom stereocenters. The minimum atomic E-state index is -3.81. The lowest BCUT2D eigenvalue weighted by molar-refractivity contribution is -0.137. The second-order valence-electron chi connectivity index (χ2n) is 18.8. The van der Waals surface area contributed by atoms with Crippen molar-refractivity contribution in [3.05, 3.63) is 87.9 Å². The number of nitrogens with one attached hydrogen (secondary N) is 2. The van der Waals surface area contributed by atoms with Crippen LogP contribution >= 0.6 is 0 Å². The number of aromatic nitrogens is 4. The SMILES string of the molecule is Cn1nc(C2CCC(=O)NC2=O)c2ccc(C3CCN(CC(=O)N4CCC5(CC4)C[C@@H](n4cnc6ccc(Oc7c(F)ccc(NS(=O)(=O)C8CCCC8)c7C#N)cc6c4=O)CO5)CC3)cc21. The summed E-state index contributed by atoms with van der Waals surface area (Å²) in [5.41, 5.74) is 2.03. The summed E-state index contributed by atoms with van der Waals surface area (Å²) in [6, 6.07) is 14.7. The number of sulfonamides is 1. The lowest BCUT2D eigenvalue weighted by Gasteiger charge is -2.40. The zero-order valence-corrected chi connectivity index (χ0v) is 38.0. The standard InChI is InChI=1S/C48H52FN9O8S/c1-55-41-22-30(6-8-34(41)44(53-55)35-9-13-42(59)52-46(35)61)29-14-18-56(19-15-29)26-43(60)57-20-16-48(17-21-57)24-31(27-65-48)58-28-51-39-11-7-32(23-36(39)47(58)62)66-45-37(25-50)40(12-10-38(45)49)54-67(63,64)33-4-2-3-5-33/h6-8,10-12,22-23,28-29,31,33,35,54H,2-5,9,13-21,24,26-27H2,1H3,(H,52,59,61)/t31-,35?/m1/s1. The maximum atomic E-state index is 15.2. The molecule has 67 heavy (non-hydrogen) atoms. The molecule has 2 N–H and O–H groups in total. The summed E-state index contributed by atoms with van der Waals surface area (Å²) in [5, 5.41) is 17.7. The van der Waals surface area contributed by atoms with E-state index >= 15 is 4.39 Å². The van der Waals surface area contributed by atoms with Crippen LogP contribution in [0.2, 0.25) is 0 Å². The topological polar surface area (TPSA) is 211 Å². The van der Waals surface area contributed by atoms with E-state index in [1.54, 1.807) is 10.6 Å². The average Bonchev–Trinajstić information content (AvgIpc) is 4.09. The third kappa shape index (κ3) is 8.66. The van der Waals surface area contributed by atoms with Crippen LogP contribution in [0.25, 0.3) is 21.8 Å². The van der Waals surface area contributed by atoms with E-state index in [9.17, 15) is 32.9 Å². The molecule has 4 aliphatic heterocycles. The van der Waals surface area contributed by atoms with Gasteiger partial charge in [-0.2, -0.15) is 10.4 Å². The number of benzene rings is 3. The molecule has 1 aliphatic carbocycles. The quantitative estimate of drug-likeness (QED) is 0.167. The van der Waals surface area contributed by atoms with Gasteiger partial charge in [-0.05, 0) is 112 Å². The first-order valence-electron chi connectivity index (χ1n) is 23.2. The van der Waals surface area contributed by atoms with Gasteiger partial charge in [0.2, 0.25) is 27.7 Å². The Morgan fingerprint density at radius 3 is 2.52 bits per heavy atom. The maximum absolute atomic E-state index is 15.2. The van der Waals surface area contributed by atoms with Crippen LogP contribution in [0.3, 0.4) is 0 Å². The van der Waals surface area contributed by atoms with Crippen molar-refractivity contribution in [3.8, 4) is 17.6 Å². The number of halogens is 1. The van der Waals surface area contributed by atoms with Gasteiger partial charge >= 0.3 is 0 Å². The molecule has 4 saturated heterocycles. The van der Waals surface area contributed by atoms with Crippen LogP contribution in [0, 0.1) is 17.1 Å². The highest BCUT2D eigenvalue weighted by Gasteiger charge is 2.44. The van der Waals surface area contributed by atoms with E-state index in [-0.39, 0.29) is 51.7 Å². The summed E-state index contributed by atoms with van der Waals surface area (Å²) < 4.78 is 59.4. The lowest BCUT2D eigenvalue weighted by Crippen LogP contribution is -2.50. The molecule has 1 spiro atoms. The maximum Gasteiger partial charge on any atom is 0.261 e. The van der Waals surface area contributed by atoms with Gasteiger partial charge in [0.05, 0.1) is 70.1 Å². The van der Waals surface area contributed by atoms with E-state index in [0.29, 0.717) is 88.3 Å². The molecule has 2 aromatic heterocycles. The van der Waals surface area contributed by atoms with Crippen LogP contribution in [0.15, 0.2) is 59.7 Å². The highest BCUT2D eigenvalue weighted by molar-refractivity contribution is 7.93. The van der Waals surface area contributed by atoms with E-state index in [1.807, 2.05) is 28.8 Å². The number of likely N-dealkylation sites (tertiary alicyclic amines) is 2. The fourth-order valence-corrected chi connectivity index (χ4v) is 12.4. The van der Waals surface area contributed by atoms with E-state index in [2.05, 4.69) is 32.1 Å². The molecule has 19 heteroatoms. The number of hydrogen-bond donors (Lipinski definition) is 2. The molecule has 17 nitrogen and oxygen atoms in total. The number of piperidine rings is 3. The third-order valence-corrected chi connectivity index (χ3v) is 16.5. The third-order valence-electron chi connectivity index (χ3n) is 14.7. The number of nitrogens with zero attached hydrogens (tertiary/aromatic N) is 7. The normalized spacial score (nSPS) is 21.8. The van der Waals surface area contributed by atoms with Crippen LogP contribution in [0.5, 0.6) is 11.5 Å². The Hall–Kier alpha value is -6.23. The van der Waals surface area contributed by atoms with Gasteiger partial charge in [-0.1, -0.05) is 25.0 Å². The number of hydrogen-bond acceptors (Lipinski definition) is 12. The zero-order chi connectivity index (χ0) is 46.6. The Balaban J connectivity index is 0.740. The van der Waals surface area contributed by atoms with Gasteiger partial charge in [0.1, 0.15) is 17.4 Å². The molecule has 350 valence electrons. The van der Waals surface area contributed by atoms with Gasteiger partial charge in [0, 0.05) is 31.9 Å². The molecule has 10 rings (SSSR count). The Labute approximate surface area is 386 Å². The van der Waals surface area contributed by atoms with Crippen molar-refractivity contribution in [1.29, 1.82) is 5.26 Å². The summed E-state index contributed by atoms with van der Waals surface area (Å²) in [5.74, 6) is -1.83. The zero-order valence-electron chi connectivity index (χ0n) is 37.2. The fraction of sp³-hybridized carbons (Fsp3) is 0.479. The monoisotopic (exact) mass is 933 g/mol. The predicted molar refractivity (Wildman–Crippen MR) is 244 cm³/mol. The summed E-state index contributed by atoms with van der Waals surface area (Å²) in [6.45, 7) is 3.31. The van der Waals surface area contributed by atoms with E-state index in [1.165, 1.54) is 30.1 Å². The molecule has 3 amide bonds. The van der Waals surface area contributed by atoms with Crippen LogP contribution in [-0.2, 0) is 36.2 Å². The van der Waals surface area contributed by atoms with Crippen molar-refractivity contribution in [2.24, 2.45) is 7.05 Å². The highest BCUT2D eigenvalue weighted by Crippen LogP contribution is 2.41. The smallest absolute Gasteiger partial charge is 0.261 e. The van der Waals surface area contributed by atoms with Crippen molar-refractivity contribution in [3.63, 3.8) is 0 Å².